The smallest absolute Gasteiger partial charge is 0.191 e. The van der Waals surface area contributed by atoms with Gasteiger partial charge in [-0.15, -0.1) is 0 Å². The predicted octanol–water partition coefficient (Wildman–Crippen LogP) is 3.74. The van der Waals surface area contributed by atoms with Gasteiger partial charge in [0, 0.05) is 17.8 Å². The van der Waals surface area contributed by atoms with Gasteiger partial charge in [-0.3, -0.25) is 0 Å². The first-order valence-electron chi connectivity index (χ1n) is 8.99. The average Bonchev–Trinajstić information content (AvgIpc) is 2.98. The van der Waals surface area contributed by atoms with Crippen LogP contribution in [-0.2, 0) is 6.54 Å². The number of aromatic hydroxyl groups is 1. The fourth-order valence-electron chi connectivity index (χ4n) is 3.28. The van der Waals surface area contributed by atoms with Gasteiger partial charge in [0.2, 0.25) is 0 Å². The van der Waals surface area contributed by atoms with Crippen LogP contribution >= 0.6 is 11.8 Å². The number of hydrogen-bond donors (Lipinski definition) is 3. The van der Waals surface area contributed by atoms with Crippen LogP contribution in [0.3, 0.4) is 0 Å². The molecule has 1 aliphatic carbocycles. The van der Waals surface area contributed by atoms with Crippen molar-refractivity contribution in [3.8, 4) is 5.75 Å². The van der Waals surface area contributed by atoms with Crippen molar-refractivity contribution >= 4 is 17.7 Å². The first kappa shape index (κ1) is 19.0. The Morgan fingerprint density at radius 2 is 1.96 bits per heavy atom. The molecule has 0 aromatic heterocycles. The van der Waals surface area contributed by atoms with E-state index in [1.165, 1.54) is 25.0 Å². The zero-order chi connectivity index (χ0) is 17.5. The highest BCUT2D eigenvalue weighted by Gasteiger charge is 2.25. The highest BCUT2D eigenvalue weighted by molar-refractivity contribution is 7.99. The van der Waals surface area contributed by atoms with Gasteiger partial charge in [0.05, 0.1) is 6.54 Å². The van der Waals surface area contributed by atoms with E-state index in [4.69, 9.17) is 4.99 Å². The minimum absolute atomic E-state index is 0.387. The summed E-state index contributed by atoms with van der Waals surface area (Å²) in [6, 6.07) is 4.55. The highest BCUT2D eigenvalue weighted by Crippen LogP contribution is 2.29. The summed E-state index contributed by atoms with van der Waals surface area (Å²) in [5.41, 5.74) is 2.95. The number of hydrogen-bond acceptors (Lipinski definition) is 3. The molecule has 1 fully saturated rings. The molecule has 3 N–H and O–H groups in total. The number of guanidine groups is 1. The van der Waals surface area contributed by atoms with Gasteiger partial charge in [-0.2, -0.15) is 11.8 Å². The van der Waals surface area contributed by atoms with Crippen molar-refractivity contribution in [2.45, 2.75) is 64.8 Å². The molecule has 0 saturated heterocycles. The van der Waals surface area contributed by atoms with Crippen LogP contribution in [0.1, 0.15) is 49.8 Å². The Hall–Kier alpha value is -1.36. The van der Waals surface area contributed by atoms with E-state index in [1.54, 1.807) is 0 Å². The third kappa shape index (κ3) is 5.33. The molecule has 1 aliphatic rings. The number of phenolic OH excluding ortho intramolecular Hbond substituents is 1. The first-order chi connectivity index (χ1) is 11.5. The Morgan fingerprint density at radius 3 is 2.58 bits per heavy atom. The fourth-order valence-corrected chi connectivity index (χ4v) is 4.42. The summed E-state index contributed by atoms with van der Waals surface area (Å²) < 4.78 is 0. The van der Waals surface area contributed by atoms with E-state index in [1.807, 2.05) is 26.0 Å². The van der Waals surface area contributed by atoms with Crippen LogP contribution in [0, 0.1) is 13.8 Å². The van der Waals surface area contributed by atoms with Gasteiger partial charge < -0.3 is 15.7 Å². The van der Waals surface area contributed by atoms with E-state index in [0.29, 0.717) is 18.3 Å². The molecule has 2 rings (SSSR count). The molecule has 0 spiro atoms. The number of thioether (sulfide) groups is 1. The van der Waals surface area contributed by atoms with Crippen LogP contribution < -0.4 is 10.6 Å². The summed E-state index contributed by atoms with van der Waals surface area (Å²) >= 11 is 2.07. The van der Waals surface area contributed by atoms with Gasteiger partial charge >= 0.3 is 0 Å². The molecule has 0 bridgehead atoms. The third-order valence-corrected chi connectivity index (χ3v) is 5.68. The molecule has 1 saturated carbocycles. The SMILES string of the molecule is CCNC(=NCc1cc(C)c(O)c(C)c1)NC1CCC(SCC)C1. The summed E-state index contributed by atoms with van der Waals surface area (Å²) in [6.45, 7) is 9.68. The van der Waals surface area contributed by atoms with Crippen LogP contribution in [-0.4, -0.2) is 34.7 Å². The minimum atomic E-state index is 0.387. The molecule has 0 amide bonds. The zero-order valence-corrected chi connectivity index (χ0v) is 16.2. The lowest BCUT2D eigenvalue weighted by Gasteiger charge is -2.17. The third-order valence-electron chi connectivity index (χ3n) is 4.44. The lowest BCUT2D eigenvalue weighted by Crippen LogP contribution is -2.42. The molecule has 2 unspecified atom stereocenters. The number of rotatable bonds is 6. The largest absolute Gasteiger partial charge is 0.507 e. The summed E-state index contributed by atoms with van der Waals surface area (Å²) in [5.74, 6) is 2.48. The minimum Gasteiger partial charge on any atom is -0.507 e. The number of nitrogens with one attached hydrogen (secondary N) is 2. The van der Waals surface area contributed by atoms with Crippen molar-refractivity contribution in [2.75, 3.05) is 12.3 Å². The van der Waals surface area contributed by atoms with E-state index in [-0.39, 0.29) is 0 Å². The summed E-state index contributed by atoms with van der Waals surface area (Å²) in [7, 11) is 0. The van der Waals surface area contributed by atoms with Gasteiger partial charge in [0.15, 0.2) is 5.96 Å². The molecular formula is C19H31N3OS. The molecule has 1 aromatic rings. The van der Waals surface area contributed by atoms with Gasteiger partial charge in [-0.1, -0.05) is 19.1 Å². The number of aliphatic imine (C=N–C) groups is 1. The monoisotopic (exact) mass is 349 g/mol. The number of benzene rings is 1. The second kappa shape index (κ2) is 9.21. The summed E-state index contributed by atoms with van der Waals surface area (Å²) in [6.07, 6.45) is 3.74. The Balaban J connectivity index is 1.98. The second-order valence-electron chi connectivity index (χ2n) is 6.51. The molecule has 24 heavy (non-hydrogen) atoms. The van der Waals surface area contributed by atoms with Crippen molar-refractivity contribution in [1.82, 2.24) is 10.6 Å². The van der Waals surface area contributed by atoms with E-state index in [9.17, 15) is 5.11 Å². The average molecular weight is 350 g/mol. The Morgan fingerprint density at radius 1 is 1.25 bits per heavy atom. The molecule has 0 aliphatic heterocycles. The maximum absolute atomic E-state index is 9.89. The molecular weight excluding hydrogens is 318 g/mol. The van der Waals surface area contributed by atoms with Crippen molar-refractivity contribution in [3.05, 3.63) is 28.8 Å². The van der Waals surface area contributed by atoms with Crippen molar-refractivity contribution in [2.24, 2.45) is 4.99 Å². The molecule has 5 heteroatoms. The predicted molar refractivity (Wildman–Crippen MR) is 105 cm³/mol. The van der Waals surface area contributed by atoms with Crippen molar-refractivity contribution in [1.29, 1.82) is 0 Å². The van der Waals surface area contributed by atoms with Crippen molar-refractivity contribution in [3.63, 3.8) is 0 Å². The molecule has 0 heterocycles. The van der Waals surface area contributed by atoms with Crippen LogP contribution in [0.15, 0.2) is 17.1 Å². The fraction of sp³-hybridized carbons (Fsp3) is 0.632. The van der Waals surface area contributed by atoms with Gasteiger partial charge in [0.1, 0.15) is 5.75 Å². The molecule has 134 valence electrons. The van der Waals surface area contributed by atoms with Crippen LogP contribution in [0.25, 0.3) is 0 Å². The maximum atomic E-state index is 9.89. The standard InChI is InChI=1S/C19H31N3OS/c1-5-20-19(22-16-7-8-17(11-16)24-6-2)21-12-15-9-13(3)18(23)14(4)10-15/h9-10,16-17,23H,5-8,11-12H2,1-4H3,(H2,20,21,22). The lowest BCUT2D eigenvalue weighted by molar-refractivity contribution is 0.466. The van der Waals surface area contributed by atoms with E-state index in [0.717, 1.165) is 34.4 Å². The number of aryl methyl sites for hydroxylation is 2. The molecule has 0 radical (unpaired) electrons. The molecule has 2 atom stereocenters. The molecule has 4 nitrogen and oxygen atoms in total. The van der Waals surface area contributed by atoms with Gasteiger partial charge in [-0.05, 0) is 62.5 Å². The summed E-state index contributed by atoms with van der Waals surface area (Å²) in [5, 5.41) is 17.6. The highest BCUT2D eigenvalue weighted by atomic mass is 32.2. The second-order valence-corrected chi connectivity index (χ2v) is 8.08. The van der Waals surface area contributed by atoms with E-state index >= 15 is 0 Å². The quantitative estimate of drug-likeness (QED) is 0.541. The number of nitrogens with zero attached hydrogens (tertiary/aromatic N) is 1. The van der Waals surface area contributed by atoms with Crippen LogP contribution in [0.4, 0.5) is 0 Å². The van der Waals surface area contributed by atoms with E-state index < -0.39 is 0 Å². The summed E-state index contributed by atoms with van der Waals surface area (Å²) in [4.78, 5) is 4.74. The van der Waals surface area contributed by atoms with Crippen LogP contribution in [0.5, 0.6) is 5.75 Å². The Kier molecular flexibility index (Phi) is 7.28. The first-order valence-corrected chi connectivity index (χ1v) is 10.0. The zero-order valence-electron chi connectivity index (χ0n) is 15.4. The van der Waals surface area contributed by atoms with E-state index in [2.05, 4.69) is 36.2 Å². The molecule has 1 aromatic carbocycles. The van der Waals surface area contributed by atoms with Gasteiger partial charge in [-0.25, -0.2) is 4.99 Å². The van der Waals surface area contributed by atoms with Crippen molar-refractivity contribution < 1.29 is 5.11 Å². The number of phenols is 1. The Labute approximate surface area is 150 Å². The Bertz CT molecular complexity index is 551. The van der Waals surface area contributed by atoms with Crippen LogP contribution in [0.2, 0.25) is 0 Å². The maximum Gasteiger partial charge on any atom is 0.191 e. The lowest BCUT2D eigenvalue weighted by atomic mass is 10.1. The topological polar surface area (TPSA) is 56.7 Å². The van der Waals surface area contributed by atoms with Gasteiger partial charge in [0.25, 0.3) is 0 Å². The normalized spacial score (nSPS) is 21.1.